The second-order valence-corrected chi connectivity index (χ2v) is 9.58. The molecule has 0 radical (unpaired) electrons. The highest BCUT2D eigenvalue weighted by Gasteiger charge is 2.22. The van der Waals surface area contributed by atoms with Gasteiger partial charge in [0.25, 0.3) is 0 Å². The number of ether oxygens (including phenoxy) is 1. The number of allylic oxidation sites excluding steroid dienone is 4. The van der Waals surface area contributed by atoms with Crippen LogP contribution in [0.1, 0.15) is 21.5 Å². The molecule has 0 unspecified atom stereocenters. The van der Waals surface area contributed by atoms with Gasteiger partial charge in [-0.2, -0.15) is 4.98 Å². The number of imidazole rings is 1. The fraction of sp³-hybridized carbons (Fsp3) is 0.167. The number of aromatic nitrogens is 3. The molecule has 0 aliphatic carbocycles. The van der Waals surface area contributed by atoms with Gasteiger partial charge in [-0.05, 0) is 54.0 Å². The number of nitrogens with one attached hydrogen (secondary N) is 1. The Morgan fingerprint density at radius 3 is 2.44 bits per heavy atom. The average Bonchev–Trinajstić information content (AvgIpc) is 3.33. The molecule has 9 heteroatoms. The lowest BCUT2D eigenvalue weighted by Crippen LogP contribution is -2.47. The molecule has 5 rings (SSSR count). The first kappa shape index (κ1) is 26.1. The van der Waals surface area contributed by atoms with Gasteiger partial charge in [-0.15, -0.1) is 0 Å². The van der Waals surface area contributed by atoms with E-state index in [0.717, 1.165) is 43.0 Å². The molecular formula is C30H28ClN5O3. The van der Waals surface area contributed by atoms with Gasteiger partial charge in [0.15, 0.2) is 5.65 Å². The summed E-state index contributed by atoms with van der Waals surface area (Å²) in [6.45, 7) is 12.5. The van der Waals surface area contributed by atoms with Crippen LogP contribution >= 0.6 is 11.6 Å². The first-order chi connectivity index (χ1) is 18.9. The number of hydrogen-bond donors (Lipinski definition) is 2. The van der Waals surface area contributed by atoms with Crippen LogP contribution in [0, 0.1) is 6.92 Å². The summed E-state index contributed by atoms with van der Waals surface area (Å²) in [5.74, 6) is 0.0242. The van der Waals surface area contributed by atoms with E-state index in [-0.39, 0.29) is 11.6 Å². The van der Waals surface area contributed by atoms with E-state index in [1.807, 2.05) is 12.2 Å². The molecule has 198 valence electrons. The quantitative estimate of drug-likeness (QED) is 0.246. The minimum Gasteiger partial charge on any atom is -0.478 e. The molecule has 2 aromatic heterocycles. The number of nitrogens with zero attached hydrogens (tertiary/aromatic N) is 4. The van der Waals surface area contributed by atoms with Gasteiger partial charge < -0.3 is 24.6 Å². The Balaban J connectivity index is 1.28. The summed E-state index contributed by atoms with van der Waals surface area (Å²) in [5.41, 5.74) is 5.22. The van der Waals surface area contributed by atoms with Gasteiger partial charge in [-0.25, -0.2) is 9.78 Å². The first-order valence-corrected chi connectivity index (χ1v) is 12.9. The number of benzene rings is 2. The van der Waals surface area contributed by atoms with Crippen LogP contribution in [0.3, 0.4) is 0 Å². The average molecular weight is 542 g/mol. The number of carboxylic acids is 1. The normalized spacial score (nSPS) is 13.9. The van der Waals surface area contributed by atoms with Crippen molar-refractivity contribution in [2.24, 2.45) is 0 Å². The highest BCUT2D eigenvalue weighted by atomic mass is 35.5. The van der Waals surface area contributed by atoms with Crippen LogP contribution in [0.25, 0.3) is 16.7 Å². The fourth-order valence-corrected chi connectivity index (χ4v) is 4.88. The topological polar surface area (TPSA) is 94.6 Å². The number of carboxylic acid groups (broad SMARTS) is 1. The number of piperazine rings is 1. The second kappa shape index (κ2) is 11.0. The summed E-state index contributed by atoms with van der Waals surface area (Å²) in [6, 6.07) is 15.3. The Hall–Kier alpha value is -4.56. The van der Waals surface area contributed by atoms with E-state index in [2.05, 4.69) is 57.2 Å². The van der Waals surface area contributed by atoms with Crippen LogP contribution in [0.5, 0.6) is 11.8 Å². The summed E-state index contributed by atoms with van der Waals surface area (Å²) in [7, 11) is 0. The number of hydrogen-bond acceptors (Lipinski definition) is 6. The lowest BCUT2D eigenvalue weighted by Gasteiger charge is -2.37. The largest absolute Gasteiger partial charge is 0.478 e. The van der Waals surface area contributed by atoms with E-state index in [0.29, 0.717) is 33.3 Å². The standard InChI is InChI=1S/C30H28ClN5O3/c1-4-6-20(5-2)21-8-10-22(11-9-21)35-13-15-36(16-14-35)28-25(31)18-26-27(33-28)34-30(32-26)39-23-12-7-19(3)24(17-23)29(37)38/h4-12,17-18H,1-2,13-16H2,3H3,(H,37,38)(H,32,33,34)/b20-6+. The third kappa shape index (κ3) is 5.51. The van der Waals surface area contributed by atoms with Gasteiger partial charge in [-0.1, -0.05) is 61.2 Å². The van der Waals surface area contributed by atoms with E-state index in [4.69, 9.17) is 21.3 Å². The molecule has 0 spiro atoms. The maximum atomic E-state index is 11.4. The second-order valence-electron chi connectivity index (χ2n) is 9.17. The van der Waals surface area contributed by atoms with Crippen LogP contribution in [-0.2, 0) is 0 Å². The van der Waals surface area contributed by atoms with E-state index < -0.39 is 5.97 Å². The summed E-state index contributed by atoms with van der Waals surface area (Å²) in [4.78, 5) is 28.2. The molecule has 2 aromatic carbocycles. The number of aromatic amines is 1. The van der Waals surface area contributed by atoms with Crippen molar-refractivity contribution in [3.05, 3.63) is 102 Å². The molecule has 3 heterocycles. The maximum Gasteiger partial charge on any atom is 0.336 e. The molecule has 0 bridgehead atoms. The zero-order valence-electron chi connectivity index (χ0n) is 21.5. The van der Waals surface area contributed by atoms with Gasteiger partial charge in [0.2, 0.25) is 0 Å². The molecule has 1 aliphatic heterocycles. The predicted molar refractivity (Wildman–Crippen MR) is 156 cm³/mol. The van der Waals surface area contributed by atoms with E-state index in [9.17, 15) is 9.90 Å². The Labute approximate surface area is 231 Å². The van der Waals surface area contributed by atoms with Gasteiger partial charge in [0.1, 0.15) is 11.6 Å². The van der Waals surface area contributed by atoms with Crippen molar-refractivity contribution in [1.82, 2.24) is 15.0 Å². The number of aryl methyl sites for hydroxylation is 1. The SMILES string of the molecule is C=C/C=C(\C=C)c1ccc(N2CCN(c3nc4nc(Oc5ccc(C)c(C(=O)O)c5)[nH]c4cc3Cl)CC2)cc1. The van der Waals surface area contributed by atoms with Gasteiger partial charge >= 0.3 is 12.0 Å². The van der Waals surface area contributed by atoms with Crippen molar-refractivity contribution in [3.63, 3.8) is 0 Å². The Morgan fingerprint density at radius 1 is 1.05 bits per heavy atom. The van der Waals surface area contributed by atoms with Crippen LogP contribution in [0.15, 0.2) is 79.9 Å². The zero-order valence-corrected chi connectivity index (χ0v) is 22.3. The number of anilines is 2. The van der Waals surface area contributed by atoms with E-state index >= 15 is 0 Å². The highest BCUT2D eigenvalue weighted by Crippen LogP contribution is 2.31. The van der Waals surface area contributed by atoms with Crippen molar-refractivity contribution < 1.29 is 14.6 Å². The number of aromatic carboxylic acids is 1. The molecule has 4 aromatic rings. The van der Waals surface area contributed by atoms with Crippen molar-refractivity contribution >= 4 is 45.8 Å². The molecule has 39 heavy (non-hydrogen) atoms. The van der Waals surface area contributed by atoms with Crippen molar-refractivity contribution in [1.29, 1.82) is 0 Å². The number of H-pyrrole nitrogens is 1. The Kier molecular flexibility index (Phi) is 7.38. The third-order valence-electron chi connectivity index (χ3n) is 6.70. The molecule has 2 N–H and O–H groups in total. The molecule has 8 nitrogen and oxygen atoms in total. The monoisotopic (exact) mass is 541 g/mol. The van der Waals surface area contributed by atoms with Crippen molar-refractivity contribution in [3.8, 4) is 11.8 Å². The molecular weight excluding hydrogens is 514 g/mol. The van der Waals surface area contributed by atoms with Crippen molar-refractivity contribution in [2.45, 2.75) is 6.92 Å². The van der Waals surface area contributed by atoms with E-state index in [1.54, 1.807) is 31.2 Å². The van der Waals surface area contributed by atoms with Crippen LogP contribution in [-0.4, -0.2) is 52.2 Å². The Bertz CT molecular complexity index is 1580. The van der Waals surface area contributed by atoms with Crippen LogP contribution in [0.4, 0.5) is 11.5 Å². The van der Waals surface area contributed by atoms with Gasteiger partial charge in [0.05, 0.1) is 16.1 Å². The van der Waals surface area contributed by atoms with Gasteiger partial charge in [-0.3, -0.25) is 0 Å². The van der Waals surface area contributed by atoms with Crippen LogP contribution in [0.2, 0.25) is 5.02 Å². The molecule has 1 aliphatic rings. The third-order valence-corrected chi connectivity index (χ3v) is 6.98. The predicted octanol–water partition coefficient (Wildman–Crippen LogP) is 6.49. The summed E-state index contributed by atoms with van der Waals surface area (Å²) in [6.07, 6.45) is 5.54. The van der Waals surface area contributed by atoms with Crippen LogP contribution < -0.4 is 14.5 Å². The molecule has 0 saturated carbocycles. The fourth-order valence-electron chi connectivity index (χ4n) is 4.61. The van der Waals surface area contributed by atoms with Gasteiger partial charge in [0, 0.05) is 31.9 Å². The van der Waals surface area contributed by atoms with E-state index in [1.165, 1.54) is 6.07 Å². The minimum absolute atomic E-state index is 0.174. The Morgan fingerprint density at radius 2 is 1.77 bits per heavy atom. The first-order valence-electron chi connectivity index (χ1n) is 12.5. The summed E-state index contributed by atoms with van der Waals surface area (Å²) >= 11 is 6.63. The lowest BCUT2D eigenvalue weighted by atomic mass is 10.0. The lowest BCUT2D eigenvalue weighted by molar-refractivity contribution is 0.0695. The molecule has 0 atom stereocenters. The zero-order chi connectivity index (χ0) is 27.5. The summed E-state index contributed by atoms with van der Waals surface area (Å²) < 4.78 is 5.79. The number of fused-ring (bicyclic) bond motifs is 1. The minimum atomic E-state index is -1.01. The number of pyridine rings is 1. The number of carbonyl (C=O) groups is 1. The smallest absolute Gasteiger partial charge is 0.336 e. The summed E-state index contributed by atoms with van der Waals surface area (Å²) in [5, 5.41) is 9.89. The molecule has 0 amide bonds. The maximum absolute atomic E-state index is 11.4. The molecule has 1 saturated heterocycles. The molecule has 1 fully saturated rings. The highest BCUT2D eigenvalue weighted by molar-refractivity contribution is 6.33. The van der Waals surface area contributed by atoms with Crippen molar-refractivity contribution in [2.75, 3.05) is 36.0 Å². The number of rotatable bonds is 8. The number of halogens is 1.